The van der Waals surface area contributed by atoms with Gasteiger partial charge in [0, 0.05) is 36.6 Å². The molecule has 1 saturated carbocycles. The molecule has 0 N–H and O–H groups in total. The number of ether oxygens (including phenoxy) is 3. The van der Waals surface area contributed by atoms with Gasteiger partial charge in [-0.1, -0.05) is 52.0 Å². The van der Waals surface area contributed by atoms with Crippen LogP contribution in [-0.2, 0) is 14.3 Å². The topological polar surface area (TPSA) is 85.4 Å². The van der Waals surface area contributed by atoms with Crippen molar-refractivity contribution >= 4 is 29.3 Å². The van der Waals surface area contributed by atoms with Crippen LogP contribution in [0.2, 0.25) is 0 Å². The summed E-state index contributed by atoms with van der Waals surface area (Å²) in [7, 11) is 1.35. The summed E-state index contributed by atoms with van der Waals surface area (Å²) in [5.74, 6) is 0.164. The third kappa shape index (κ3) is 8.11. The molecule has 1 saturated heterocycles. The number of esters is 1. The molecule has 1 aromatic carbocycles. The van der Waals surface area contributed by atoms with Crippen LogP contribution < -0.4 is 4.74 Å². The average molecular weight is 613 g/mol. The minimum Gasteiger partial charge on any atom is -0.482 e. The van der Waals surface area contributed by atoms with Gasteiger partial charge in [-0.05, 0) is 74.8 Å². The number of benzene rings is 1. The van der Waals surface area contributed by atoms with Crippen LogP contribution in [0.5, 0.6) is 5.75 Å². The molecular weight excluding hydrogens is 564 g/mol. The van der Waals surface area contributed by atoms with Crippen LogP contribution in [0.4, 0.5) is 4.79 Å². The Morgan fingerprint density at radius 1 is 0.977 bits per heavy atom. The highest BCUT2D eigenvalue weighted by atomic mass is 32.1. The second-order valence-electron chi connectivity index (χ2n) is 14.6. The molecule has 0 radical (unpaired) electrons. The molecule has 236 valence electrons. The fourth-order valence-corrected chi connectivity index (χ4v) is 8.05. The number of amides is 2. The number of piperazine rings is 1. The Morgan fingerprint density at radius 2 is 1.58 bits per heavy atom. The lowest BCUT2D eigenvalue weighted by Crippen LogP contribution is -2.52. The minimum atomic E-state index is -0.572. The van der Waals surface area contributed by atoms with Gasteiger partial charge in [-0.2, -0.15) is 0 Å². The summed E-state index contributed by atoms with van der Waals surface area (Å²) in [5.41, 5.74) is 3.14. The lowest BCUT2D eigenvalue weighted by molar-refractivity contribution is -0.135. The minimum absolute atomic E-state index is 0.198. The first-order chi connectivity index (χ1) is 20.0. The van der Waals surface area contributed by atoms with Gasteiger partial charge < -0.3 is 24.0 Å². The standard InChI is InChI=1S/C34H48N2O6S/c1-22-27(41-20-26(37)35-13-15-36(16-14-35)31(39)42-32(2,3)4)29(30(38)40-9)43-28(22)24-12-10-11-23(17-24)25-18-33(5,6)21-34(7,8)19-25/h10-12,17,25H,13-16,18-21H2,1-9H3. The number of methoxy groups -OCH3 is 1. The van der Waals surface area contributed by atoms with Gasteiger partial charge in [0.2, 0.25) is 0 Å². The molecule has 2 fully saturated rings. The fraction of sp³-hybridized carbons (Fsp3) is 0.618. The predicted octanol–water partition coefficient (Wildman–Crippen LogP) is 7.29. The maximum absolute atomic E-state index is 13.1. The van der Waals surface area contributed by atoms with Crippen LogP contribution in [0.1, 0.15) is 94.4 Å². The van der Waals surface area contributed by atoms with E-state index in [0.717, 1.165) is 28.8 Å². The van der Waals surface area contributed by atoms with E-state index in [2.05, 4.69) is 52.0 Å². The molecule has 2 aromatic rings. The molecular formula is C34H48N2O6S. The Balaban J connectivity index is 1.49. The number of thiophene rings is 1. The summed E-state index contributed by atoms with van der Waals surface area (Å²) in [4.78, 5) is 42.9. The summed E-state index contributed by atoms with van der Waals surface area (Å²) in [6.45, 7) is 18.2. The van der Waals surface area contributed by atoms with E-state index in [1.54, 1.807) is 9.80 Å². The second kappa shape index (κ2) is 12.5. The van der Waals surface area contributed by atoms with E-state index in [0.29, 0.717) is 42.7 Å². The largest absolute Gasteiger partial charge is 0.482 e. The Bertz CT molecular complexity index is 1330. The smallest absolute Gasteiger partial charge is 0.410 e. The van der Waals surface area contributed by atoms with Crippen molar-refractivity contribution < 1.29 is 28.6 Å². The third-order valence-electron chi connectivity index (χ3n) is 8.26. The summed E-state index contributed by atoms with van der Waals surface area (Å²) < 4.78 is 16.6. The maximum atomic E-state index is 13.1. The van der Waals surface area contributed by atoms with Crippen molar-refractivity contribution in [1.82, 2.24) is 9.80 Å². The summed E-state index contributed by atoms with van der Waals surface area (Å²) in [6.07, 6.45) is 3.11. The number of carbonyl (C=O) groups excluding carboxylic acids is 3. The van der Waals surface area contributed by atoms with Crippen molar-refractivity contribution in [1.29, 1.82) is 0 Å². The van der Waals surface area contributed by atoms with Crippen molar-refractivity contribution in [2.24, 2.45) is 10.8 Å². The Morgan fingerprint density at radius 3 is 2.16 bits per heavy atom. The molecule has 8 nitrogen and oxygen atoms in total. The zero-order chi connectivity index (χ0) is 31.7. The maximum Gasteiger partial charge on any atom is 0.410 e. The molecule has 0 bridgehead atoms. The Labute approximate surface area is 260 Å². The van der Waals surface area contributed by atoms with E-state index in [1.807, 2.05) is 27.7 Å². The van der Waals surface area contributed by atoms with E-state index in [9.17, 15) is 14.4 Å². The molecule has 2 aliphatic rings. The molecule has 1 aliphatic heterocycles. The third-order valence-corrected chi connectivity index (χ3v) is 9.56. The predicted molar refractivity (Wildman–Crippen MR) is 170 cm³/mol. The summed E-state index contributed by atoms with van der Waals surface area (Å²) in [6, 6.07) is 8.63. The van der Waals surface area contributed by atoms with Crippen LogP contribution >= 0.6 is 11.3 Å². The summed E-state index contributed by atoms with van der Waals surface area (Å²) in [5, 5.41) is 0. The van der Waals surface area contributed by atoms with Crippen molar-refractivity contribution in [2.45, 2.75) is 86.2 Å². The van der Waals surface area contributed by atoms with Crippen molar-refractivity contribution in [3.63, 3.8) is 0 Å². The van der Waals surface area contributed by atoms with Gasteiger partial charge in [-0.15, -0.1) is 11.3 Å². The highest BCUT2D eigenvalue weighted by molar-refractivity contribution is 7.18. The van der Waals surface area contributed by atoms with Gasteiger partial charge in [-0.25, -0.2) is 9.59 Å². The lowest BCUT2D eigenvalue weighted by atomic mass is 9.60. The molecule has 2 heterocycles. The highest BCUT2D eigenvalue weighted by Crippen LogP contribution is 2.52. The quantitative estimate of drug-likeness (QED) is 0.319. The fourth-order valence-electron chi connectivity index (χ4n) is 6.88. The molecule has 43 heavy (non-hydrogen) atoms. The first kappa shape index (κ1) is 32.8. The van der Waals surface area contributed by atoms with Gasteiger partial charge in [0.05, 0.1) is 7.11 Å². The molecule has 2 amide bonds. The van der Waals surface area contributed by atoms with E-state index in [4.69, 9.17) is 14.2 Å². The van der Waals surface area contributed by atoms with Crippen molar-refractivity contribution in [3.05, 3.63) is 40.3 Å². The van der Waals surface area contributed by atoms with E-state index in [1.165, 1.54) is 30.4 Å². The Hall–Kier alpha value is -3.07. The Kier molecular flexibility index (Phi) is 9.55. The van der Waals surface area contributed by atoms with Gasteiger partial charge in [-0.3, -0.25) is 4.79 Å². The molecule has 0 unspecified atom stereocenters. The summed E-state index contributed by atoms with van der Waals surface area (Å²) >= 11 is 1.34. The van der Waals surface area contributed by atoms with E-state index >= 15 is 0 Å². The number of nitrogens with zero attached hydrogens (tertiary/aromatic N) is 2. The molecule has 1 aliphatic carbocycles. The average Bonchev–Trinajstić information content (AvgIpc) is 3.24. The van der Waals surface area contributed by atoms with Gasteiger partial charge >= 0.3 is 12.1 Å². The van der Waals surface area contributed by atoms with Crippen molar-refractivity contribution in [3.8, 4) is 16.2 Å². The monoisotopic (exact) mass is 612 g/mol. The SMILES string of the molecule is COC(=O)c1sc(-c2cccc(C3CC(C)(C)CC(C)(C)C3)c2)c(C)c1OCC(=O)N1CCN(C(=O)OC(C)(C)C)CC1. The van der Waals surface area contributed by atoms with Crippen LogP contribution in [-0.4, -0.2) is 73.3 Å². The molecule has 0 spiro atoms. The van der Waals surface area contributed by atoms with Crippen molar-refractivity contribution in [2.75, 3.05) is 39.9 Å². The zero-order valence-electron chi connectivity index (χ0n) is 27.3. The van der Waals surface area contributed by atoms with E-state index in [-0.39, 0.29) is 29.4 Å². The van der Waals surface area contributed by atoms with Crippen LogP contribution in [0.25, 0.3) is 10.4 Å². The lowest BCUT2D eigenvalue weighted by Gasteiger charge is -2.45. The van der Waals surface area contributed by atoms with Crippen LogP contribution in [0.3, 0.4) is 0 Å². The van der Waals surface area contributed by atoms with E-state index < -0.39 is 11.6 Å². The van der Waals surface area contributed by atoms with Gasteiger partial charge in [0.15, 0.2) is 11.5 Å². The molecule has 0 atom stereocenters. The first-order valence-electron chi connectivity index (χ1n) is 15.2. The number of rotatable bonds is 6. The van der Waals surface area contributed by atoms with Gasteiger partial charge in [0.25, 0.3) is 5.91 Å². The molecule has 1 aromatic heterocycles. The molecule has 9 heteroatoms. The molecule has 4 rings (SSSR count). The highest BCUT2D eigenvalue weighted by Gasteiger charge is 2.39. The van der Waals surface area contributed by atoms with Gasteiger partial charge in [0.1, 0.15) is 11.4 Å². The normalized spacial score (nSPS) is 18.7. The van der Waals surface area contributed by atoms with Crippen LogP contribution in [0, 0.1) is 17.8 Å². The number of hydrogen-bond acceptors (Lipinski definition) is 7. The first-order valence-corrected chi connectivity index (χ1v) is 16.0. The number of hydrogen-bond donors (Lipinski definition) is 0. The van der Waals surface area contributed by atoms with Crippen LogP contribution in [0.15, 0.2) is 24.3 Å². The number of carbonyl (C=O) groups is 3. The second-order valence-corrected chi connectivity index (χ2v) is 15.6. The zero-order valence-corrected chi connectivity index (χ0v) is 28.1.